The van der Waals surface area contributed by atoms with Crippen molar-refractivity contribution in [2.75, 3.05) is 5.32 Å². The van der Waals surface area contributed by atoms with Gasteiger partial charge in [0.2, 0.25) is 0 Å². The molecule has 0 aromatic heterocycles. The van der Waals surface area contributed by atoms with Crippen molar-refractivity contribution in [3.8, 4) is 0 Å². The van der Waals surface area contributed by atoms with Crippen LogP contribution in [0.1, 0.15) is 30.9 Å². The molecule has 0 fully saturated rings. The minimum absolute atomic E-state index is 0.306. The third-order valence-corrected chi connectivity index (χ3v) is 3.37. The monoisotopic (exact) mass is 312 g/mol. The number of amides is 2. The number of unbranched alkanes of at least 4 members (excludes halogenated alkanes) is 1. The molecule has 2 amide bonds. The lowest BCUT2D eigenvalue weighted by Crippen LogP contribution is -2.23. The number of halogens is 1. The van der Waals surface area contributed by atoms with E-state index in [1.54, 1.807) is 18.2 Å². The second kappa shape index (κ2) is 8.73. The number of urea groups is 1. The predicted molar refractivity (Wildman–Crippen MR) is 92.6 cm³/mol. The highest BCUT2D eigenvalue weighted by Crippen LogP contribution is 2.11. The molecule has 0 aliphatic heterocycles. The Bertz CT molecular complexity index is 665. The van der Waals surface area contributed by atoms with Crippen LogP contribution in [-0.2, 0) is 6.42 Å². The van der Waals surface area contributed by atoms with Crippen LogP contribution in [0.3, 0.4) is 0 Å². The first-order valence-corrected chi connectivity index (χ1v) is 7.76. The number of benzene rings is 2. The van der Waals surface area contributed by atoms with Gasteiger partial charge in [-0.2, -0.15) is 0 Å². The standard InChI is InChI=1S/C19H21FN2O/c1-2-3-5-15-8-10-18(11-9-15)22-19(23)21-13-12-16-6-4-7-17(20)14-16/h4,6-14H,2-3,5H2,1H3,(H2,21,22,23)/b13-12+. The first-order valence-electron chi connectivity index (χ1n) is 7.76. The molecule has 3 nitrogen and oxygen atoms in total. The fourth-order valence-electron chi connectivity index (χ4n) is 2.13. The average molecular weight is 312 g/mol. The molecule has 2 aromatic rings. The summed E-state index contributed by atoms with van der Waals surface area (Å²) in [6, 6.07) is 13.6. The van der Waals surface area contributed by atoms with Crippen molar-refractivity contribution in [2.45, 2.75) is 26.2 Å². The Labute approximate surface area is 136 Å². The van der Waals surface area contributed by atoms with Crippen molar-refractivity contribution < 1.29 is 9.18 Å². The second-order valence-corrected chi connectivity index (χ2v) is 5.29. The fraction of sp³-hybridized carbons (Fsp3) is 0.211. The molecule has 0 atom stereocenters. The first kappa shape index (κ1) is 16.7. The molecule has 120 valence electrons. The quantitative estimate of drug-likeness (QED) is 0.777. The number of nitrogens with one attached hydrogen (secondary N) is 2. The van der Waals surface area contributed by atoms with Crippen molar-refractivity contribution in [1.29, 1.82) is 0 Å². The molecule has 0 saturated carbocycles. The van der Waals surface area contributed by atoms with Crippen LogP contribution in [0.25, 0.3) is 6.08 Å². The zero-order valence-electron chi connectivity index (χ0n) is 13.2. The van der Waals surface area contributed by atoms with Crippen LogP contribution in [0, 0.1) is 5.82 Å². The molecule has 4 heteroatoms. The van der Waals surface area contributed by atoms with Gasteiger partial charge in [-0.3, -0.25) is 0 Å². The number of carbonyl (C=O) groups excluding carboxylic acids is 1. The third kappa shape index (κ3) is 5.94. The molecule has 0 saturated heterocycles. The average Bonchev–Trinajstić information content (AvgIpc) is 2.54. The topological polar surface area (TPSA) is 41.1 Å². The highest BCUT2D eigenvalue weighted by molar-refractivity contribution is 5.90. The summed E-state index contributed by atoms with van der Waals surface area (Å²) in [6.07, 6.45) is 6.51. The van der Waals surface area contributed by atoms with Gasteiger partial charge in [-0.1, -0.05) is 37.6 Å². The van der Waals surface area contributed by atoms with Crippen LogP contribution in [0.15, 0.2) is 54.7 Å². The van der Waals surface area contributed by atoms with Crippen LogP contribution in [0.5, 0.6) is 0 Å². The lowest BCUT2D eigenvalue weighted by Gasteiger charge is -2.06. The number of aryl methyl sites for hydroxylation is 1. The van der Waals surface area contributed by atoms with Gasteiger partial charge in [0.15, 0.2) is 0 Å². The molecular weight excluding hydrogens is 291 g/mol. The number of carbonyl (C=O) groups is 1. The van der Waals surface area contributed by atoms with Gasteiger partial charge in [-0.25, -0.2) is 9.18 Å². The molecule has 0 spiro atoms. The Kier molecular flexibility index (Phi) is 6.36. The van der Waals surface area contributed by atoms with E-state index in [2.05, 4.69) is 17.6 Å². The van der Waals surface area contributed by atoms with Crippen molar-refractivity contribution >= 4 is 17.8 Å². The molecule has 0 aliphatic rings. The molecule has 0 radical (unpaired) electrons. The molecule has 0 aliphatic carbocycles. The van der Waals surface area contributed by atoms with Crippen molar-refractivity contribution in [3.05, 3.63) is 71.7 Å². The molecule has 0 bridgehead atoms. The zero-order valence-corrected chi connectivity index (χ0v) is 13.2. The fourth-order valence-corrected chi connectivity index (χ4v) is 2.13. The third-order valence-electron chi connectivity index (χ3n) is 3.37. The van der Waals surface area contributed by atoms with Gasteiger partial charge >= 0.3 is 6.03 Å². The van der Waals surface area contributed by atoms with Crippen LogP contribution < -0.4 is 10.6 Å². The summed E-state index contributed by atoms with van der Waals surface area (Å²) in [5.41, 5.74) is 2.69. The highest BCUT2D eigenvalue weighted by atomic mass is 19.1. The lowest BCUT2D eigenvalue weighted by molar-refractivity contribution is 0.255. The van der Waals surface area contributed by atoms with Gasteiger partial charge in [-0.05, 0) is 54.3 Å². The van der Waals surface area contributed by atoms with E-state index >= 15 is 0 Å². The molecule has 0 unspecified atom stereocenters. The number of anilines is 1. The zero-order chi connectivity index (χ0) is 16.5. The van der Waals surface area contributed by atoms with Crippen molar-refractivity contribution in [2.24, 2.45) is 0 Å². The summed E-state index contributed by atoms with van der Waals surface area (Å²) < 4.78 is 13.0. The number of rotatable bonds is 6. The van der Waals surface area contributed by atoms with Crippen molar-refractivity contribution in [3.63, 3.8) is 0 Å². The maximum Gasteiger partial charge on any atom is 0.323 e. The largest absolute Gasteiger partial charge is 0.323 e. The van der Waals surface area contributed by atoms with Gasteiger partial charge in [-0.15, -0.1) is 0 Å². The number of hydrogen-bond acceptors (Lipinski definition) is 1. The Hall–Kier alpha value is -2.62. The Morgan fingerprint density at radius 1 is 1.17 bits per heavy atom. The van der Waals surface area contributed by atoms with E-state index in [1.165, 1.54) is 30.3 Å². The van der Waals surface area contributed by atoms with Gasteiger partial charge in [0.25, 0.3) is 0 Å². The minimum Gasteiger partial charge on any atom is -0.314 e. The minimum atomic E-state index is -0.334. The van der Waals surface area contributed by atoms with E-state index in [-0.39, 0.29) is 11.8 Å². The molecular formula is C19H21FN2O. The first-order chi connectivity index (χ1) is 11.2. The summed E-state index contributed by atoms with van der Waals surface area (Å²) >= 11 is 0. The maximum absolute atomic E-state index is 13.0. The highest BCUT2D eigenvalue weighted by Gasteiger charge is 1.99. The molecule has 2 rings (SSSR count). The van der Waals surface area contributed by atoms with Crippen LogP contribution in [0.2, 0.25) is 0 Å². The predicted octanol–water partition coefficient (Wildman–Crippen LogP) is 4.96. The van der Waals surface area contributed by atoms with E-state index in [4.69, 9.17) is 0 Å². The van der Waals surface area contributed by atoms with Crippen LogP contribution in [-0.4, -0.2) is 6.03 Å². The van der Waals surface area contributed by atoms with E-state index in [1.807, 2.05) is 24.3 Å². The SMILES string of the molecule is CCCCc1ccc(NC(=O)N/C=C/c2cccc(F)c2)cc1. The Morgan fingerprint density at radius 3 is 2.65 bits per heavy atom. The van der Waals surface area contributed by atoms with Gasteiger partial charge in [0.1, 0.15) is 5.82 Å². The Balaban J connectivity index is 1.82. The van der Waals surface area contributed by atoms with Crippen LogP contribution >= 0.6 is 0 Å². The molecule has 0 heterocycles. The van der Waals surface area contributed by atoms with E-state index in [0.717, 1.165) is 18.5 Å². The van der Waals surface area contributed by atoms with E-state index in [0.29, 0.717) is 5.56 Å². The maximum atomic E-state index is 13.0. The molecule has 2 aromatic carbocycles. The summed E-state index contributed by atoms with van der Waals surface area (Å²) in [7, 11) is 0. The Morgan fingerprint density at radius 2 is 1.96 bits per heavy atom. The van der Waals surface area contributed by atoms with E-state index < -0.39 is 0 Å². The lowest BCUT2D eigenvalue weighted by atomic mass is 10.1. The summed E-state index contributed by atoms with van der Waals surface area (Å²) in [5, 5.41) is 5.34. The smallest absolute Gasteiger partial charge is 0.314 e. The summed E-state index contributed by atoms with van der Waals surface area (Å²) in [5.74, 6) is -0.306. The normalized spacial score (nSPS) is 10.7. The number of hydrogen-bond donors (Lipinski definition) is 2. The van der Waals surface area contributed by atoms with Crippen LogP contribution in [0.4, 0.5) is 14.9 Å². The molecule has 2 N–H and O–H groups in total. The summed E-state index contributed by atoms with van der Waals surface area (Å²) in [6.45, 7) is 2.16. The van der Waals surface area contributed by atoms with E-state index in [9.17, 15) is 9.18 Å². The molecule has 23 heavy (non-hydrogen) atoms. The summed E-state index contributed by atoms with van der Waals surface area (Å²) in [4.78, 5) is 11.8. The van der Waals surface area contributed by atoms with Gasteiger partial charge in [0.05, 0.1) is 0 Å². The second-order valence-electron chi connectivity index (χ2n) is 5.29. The van der Waals surface area contributed by atoms with Gasteiger partial charge < -0.3 is 10.6 Å². The van der Waals surface area contributed by atoms with Crippen molar-refractivity contribution in [1.82, 2.24) is 5.32 Å². The van der Waals surface area contributed by atoms with Gasteiger partial charge in [0, 0.05) is 11.9 Å².